The third kappa shape index (κ3) is 4.52. The number of carbonyl (C=O) groups is 1. The number of oxazole rings is 1. The van der Waals surface area contributed by atoms with Gasteiger partial charge in [-0.1, -0.05) is 12.1 Å². The molecule has 3 aromatic heterocycles. The Balaban J connectivity index is 1.40. The molecule has 5 rings (SSSR count). The van der Waals surface area contributed by atoms with E-state index in [-0.39, 0.29) is 11.9 Å². The highest BCUT2D eigenvalue weighted by Crippen LogP contribution is 2.34. The molecule has 1 aliphatic rings. The highest BCUT2D eigenvalue weighted by atomic mass is 32.1. The predicted octanol–water partition coefficient (Wildman–Crippen LogP) is 5.16. The topological polar surface area (TPSA) is 81.4 Å². The number of methoxy groups -OCH3 is 1. The zero-order valence-corrected chi connectivity index (χ0v) is 19.1. The van der Waals surface area contributed by atoms with E-state index in [0.717, 1.165) is 41.2 Å². The fraction of sp³-hybridized carbons (Fsp3) is 0.280. The van der Waals surface area contributed by atoms with Crippen molar-refractivity contribution in [2.24, 2.45) is 0 Å². The molecule has 0 unspecified atom stereocenters. The third-order valence-corrected chi connectivity index (χ3v) is 6.62. The zero-order valence-electron chi connectivity index (χ0n) is 18.3. The van der Waals surface area contributed by atoms with E-state index < -0.39 is 0 Å². The summed E-state index contributed by atoms with van der Waals surface area (Å²) in [6.07, 6.45) is 8.63. The number of hydrogen-bond acceptors (Lipinski definition) is 7. The van der Waals surface area contributed by atoms with Gasteiger partial charge in [-0.15, -0.1) is 11.3 Å². The lowest BCUT2D eigenvalue weighted by molar-refractivity contribution is 0.0570. The second-order valence-electron chi connectivity index (χ2n) is 7.97. The summed E-state index contributed by atoms with van der Waals surface area (Å²) >= 11 is 1.47. The summed E-state index contributed by atoms with van der Waals surface area (Å²) in [5.41, 5.74) is 4.08. The van der Waals surface area contributed by atoms with E-state index in [1.165, 1.54) is 11.3 Å². The Morgan fingerprint density at radius 3 is 3.00 bits per heavy atom. The van der Waals surface area contributed by atoms with Crippen LogP contribution in [0.2, 0.25) is 0 Å². The molecule has 0 saturated carbocycles. The summed E-state index contributed by atoms with van der Waals surface area (Å²) in [4.78, 5) is 29.6. The average Bonchev–Trinajstić information content (AvgIpc) is 3.56. The Hall–Kier alpha value is -3.52. The molecule has 8 heteroatoms. The van der Waals surface area contributed by atoms with Crippen molar-refractivity contribution < 1.29 is 13.9 Å². The SMILES string of the molecule is COc1cccc(Cc2cnc([C@H]3CCCCN3C(=O)c3cccnc3-c3cncs3)o2)c1. The van der Waals surface area contributed by atoms with Gasteiger partial charge in [-0.2, -0.15) is 0 Å². The number of benzene rings is 1. The summed E-state index contributed by atoms with van der Waals surface area (Å²) in [6.45, 7) is 0.661. The Morgan fingerprint density at radius 1 is 1.21 bits per heavy atom. The molecular formula is C25H24N4O3S. The van der Waals surface area contributed by atoms with Crippen LogP contribution in [0.25, 0.3) is 10.6 Å². The fourth-order valence-corrected chi connectivity index (χ4v) is 4.87. The van der Waals surface area contributed by atoms with Crippen LogP contribution in [-0.4, -0.2) is 39.4 Å². The fourth-order valence-electron chi connectivity index (χ4n) is 4.24. The van der Waals surface area contributed by atoms with Crippen LogP contribution in [0.3, 0.4) is 0 Å². The first-order valence-electron chi connectivity index (χ1n) is 11.0. The maximum atomic E-state index is 13.7. The third-order valence-electron chi connectivity index (χ3n) is 5.84. The molecule has 1 saturated heterocycles. The first kappa shape index (κ1) is 21.3. The molecule has 0 bridgehead atoms. The molecule has 7 nitrogen and oxygen atoms in total. The molecule has 1 atom stereocenters. The first-order valence-corrected chi connectivity index (χ1v) is 11.8. The molecule has 168 valence electrons. The second-order valence-corrected chi connectivity index (χ2v) is 8.85. The van der Waals surface area contributed by atoms with E-state index in [2.05, 4.69) is 15.0 Å². The van der Waals surface area contributed by atoms with Crippen LogP contribution < -0.4 is 4.74 Å². The summed E-state index contributed by atoms with van der Waals surface area (Å²) in [6, 6.07) is 11.3. The van der Waals surface area contributed by atoms with Gasteiger partial charge in [0.1, 0.15) is 17.6 Å². The molecule has 33 heavy (non-hydrogen) atoms. The van der Waals surface area contributed by atoms with Gasteiger partial charge < -0.3 is 14.1 Å². The Bertz CT molecular complexity index is 1240. The van der Waals surface area contributed by atoms with E-state index in [4.69, 9.17) is 9.15 Å². The number of carbonyl (C=O) groups excluding carboxylic acids is 1. The van der Waals surface area contributed by atoms with Crippen molar-refractivity contribution in [3.8, 4) is 16.3 Å². The van der Waals surface area contributed by atoms with E-state index in [0.29, 0.717) is 30.1 Å². The average molecular weight is 461 g/mol. The quantitative estimate of drug-likeness (QED) is 0.395. The van der Waals surface area contributed by atoms with Gasteiger partial charge in [-0.25, -0.2) is 4.98 Å². The summed E-state index contributed by atoms with van der Waals surface area (Å²) < 4.78 is 11.5. The molecule has 0 aliphatic carbocycles. The van der Waals surface area contributed by atoms with Crippen molar-refractivity contribution >= 4 is 17.2 Å². The van der Waals surface area contributed by atoms with E-state index in [1.54, 1.807) is 37.3 Å². The highest BCUT2D eigenvalue weighted by Gasteiger charge is 2.33. The van der Waals surface area contributed by atoms with Gasteiger partial charge in [-0.3, -0.25) is 14.8 Å². The number of ether oxygens (including phenoxy) is 1. The molecule has 0 radical (unpaired) electrons. The molecule has 0 spiro atoms. The van der Waals surface area contributed by atoms with Gasteiger partial charge in [0.15, 0.2) is 0 Å². The number of aromatic nitrogens is 3. The number of rotatable bonds is 6. The van der Waals surface area contributed by atoms with Gasteiger partial charge in [0.25, 0.3) is 5.91 Å². The number of thiazole rings is 1. The van der Waals surface area contributed by atoms with E-state index in [9.17, 15) is 4.79 Å². The maximum absolute atomic E-state index is 13.7. The monoisotopic (exact) mass is 460 g/mol. The number of amides is 1. The predicted molar refractivity (Wildman–Crippen MR) is 125 cm³/mol. The number of piperidine rings is 1. The van der Waals surface area contributed by atoms with Crippen LogP contribution >= 0.6 is 11.3 Å². The Morgan fingerprint density at radius 2 is 2.15 bits per heavy atom. The summed E-state index contributed by atoms with van der Waals surface area (Å²) in [5, 5.41) is 0. The minimum absolute atomic E-state index is 0.0521. The largest absolute Gasteiger partial charge is 0.497 e. The smallest absolute Gasteiger partial charge is 0.256 e. The van der Waals surface area contributed by atoms with Gasteiger partial charge in [-0.05, 0) is 49.1 Å². The van der Waals surface area contributed by atoms with Crippen LogP contribution in [0.15, 0.2) is 64.9 Å². The molecular weight excluding hydrogens is 436 g/mol. The highest BCUT2D eigenvalue weighted by molar-refractivity contribution is 7.13. The lowest BCUT2D eigenvalue weighted by Crippen LogP contribution is -2.39. The van der Waals surface area contributed by atoms with Crippen LogP contribution in [0.5, 0.6) is 5.75 Å². The van der Waals surface area contributed by atoms with Crippen molar-refractivity contribution in [3.05, 3.63) is 83.3 Å². The van der Waals surface area contributed by atoms with Gasteiger partial charge >= 0.3 is 0 Å². The van der Waals surface area contributed by atoms with Crippen LogP contribution in [0.4, 0.5) is 0 Å². The van der Waals surface area contributed by atoms with Gasteiger partial charge in [0.05, 0.1) is 35.0 Å². The lowest BCUT2D eigenvalue weighted by atomic mass is 10.00. The van der Waals surface area contributed by atoms with Crippen LogP contribution in [-0.2, 0) is 6.42 Å². The summed E-state index contributed by atoms with van der Waals surface area (Å²) in [5.74, 6) is 2.11. The van der Waals surface area contributed by atoms with Crippen molar-refractivity contribution in [2.45, 2.75) is 31.7 Å². The van der Waals surface area contributed by atoms with Crippen molar-refractivity contribution in [1.29, 1.82) is 0 Å². The number of nitrogens with zero attached hydrogens (tertiary/aromatic N) is 4. The molecule has 1 fully saturated rings. The van der Waals surface area contributed by atoms with E-state index >= 15 is 0 Å². The van der Waals surface area contributed by atoms with Crippen molar-refractivity contribution in [2.75, 3.05) is 13.7 Å². The zero-order chi connectivity index (χ0) is 22.6. The van der Waals surface area contributed by atoms with Gasteiger partial charge in [0.2, 0.25) is 5.89 Å². The molecule has 1 aromatic carbocycles. The molecule has 4 aromatic rings. The molecule has 1 aliphatic heterocycles. The lowest BCUT2D eigenvalue weighted by Gasteiger charge is -2.34. The van der Waals surface area contributed by atoms with Crippen LogP contribution in [0.1, 0.15) is 52.9 Å². The first-order chi connectivity index (χ1) is 16.2. The number of likely N-dealkylation sites (tertiary alicyclic amines) is 1. The normalized spacial score (nSPS) is 16.0. The second kappa shape index (κ2) is 9.54. The van der Waals surface area contributed by atoms with Crippen molar-refractivity contribution in [1.82, 2.24) is 19.9 Å². The minimum Gasteiger partial charge on any atom is -0.497 e. The summed E-state index contributed by atoms with van der Waals surface area (Å²) in [7, 11) is 1.66. The molecule has 0 N–H and O–H groups in total. The standard InChI is InChI=1S/C25H24N4O3S/c1-31-18-7-4-6-17(12-18)13-19-14-28-24(32-19)21-9-2-3-11-29(21)25(30)20-8-5-10-27-23(20)22-15-26-16-33-22/h4-8,10,12,14-16,21H,2-3,9,11,13H2,1H3/t21-/m1/s1. The van der Waals surface area contributed by atoms with Gasteiger partial charge in [0, 0.05) is 25.4 Å². The maximum Gasteiger partial charge on any atom is 0.256 e. The number of hydrogen-bond donors (Lipinski definition) is 0. The minimum atomic E-state index is -0.195. The van der Waals surface area contributed by atoms with Crippen molar-refractivity contribution in [3.63, 3.8) is 0 Å². The Kier molecular flexibility index (Phi) is 6.17. The molecule has 4 heterocycles. The Labute approximate surface area is 196 Å². The molecule has 1 amide bonds. The van der Waals surface area contributed by atoms with E-state index in [1.807, 2.05) is 35.2 Å². The van der Waals surface area contributed by atoms with Crippen LogP contribution in [0, 0.1) is 0 Å². The number of pyridine rings is 1.